The molecule has 2 N–H and O–H groups in total. The summed E-state index contributed by atoms with van der Waals surface area (Å²) in [5.41, 5.74) is 1.79. The quantitative estimate of drug-likeness (QED) is 0.806. The summed E-state index contributed by atoms with van der Waals surface area (Å²) in [6, 6.07) is 3.37. The molecule has 3 aliphatic rings. The second-order valence-electron chi connectivity index (χ2n) is 7.79. The van der Waals surface area contributed by atoms with Gasteiger partial charge in [-0.2, -0.15) is 0 Å². The second-order valence-corrected chi connectivity index (χ2v) is 7.79. The third kappa shape index (κ3) is 3.58. The molecule has 0 atom stereocenters. The zero-order valence-electron chi connectivity index (χ0n) is 15.3. The number of anilines is 1. The Morgan fingerprint density at radius 1 is 1.23 bits per heavy atom. The summed E-state index contributed by atoms with van der Waals surface area (Å²) in [4.78, 5) is 14.6. The van der Waals surface area contributed by atoms with Crippen molar-refractivity contribution >= 4 is 11.7 Å². The first-order valence-corrected chi connectivity index (χ1v) is 9.88. The first-order valence-electron chi connectivity index (χ1n) is 9.88. The van der Waals surface area contributed by atoms with Crippen molar-refractivity contribution in [1.29, 1.82) is 0 Å². The number of morpholine rings is 1. The molecule has 1 saturated carbocycles. The lowest BCUT2D eigenvalue weighted by atomic mass is 9.92. The fourth-order valence-electron chi connectivity index (χ4n) is 4.52. The first-order chi connectivity index (χ1) is 12.7. The van der Waals surface area contributed by atoms with Crippen LogP contribution in [0.4, 0.5) is 14.9 Å². The highest BCUT2D eigenvalue weighted by atomic mass is 19.1. The van der Waals surface area contributed by atoms with E-state index in [1.54, 1.807) is 11.0 Å². The molecule has 4 rings (SSSR count). The summed E-state index contributed by atoms with van der Waals surface area (Å²) in [6.45, 7) is 3.19. The monoisotopic (exact) mass is 361 g/mol. The van der Waals surface area contributed by atoms with Gasteiger partial charge in [0, 0.05) is 13.1 Å². The maximum atomic E-state index is 14.8. The number of hydrogen-bond donors (Lipinski definition) is 2. The Kier molecular flexibility index (Phi) is 5.14. The highest BCUT2D eigenvalue weighted by molar-refractivity contribution is 5.89. The van der Waals surface area contributed by atoms with Gasteiger partial charge in [0.05, 0.1) is 24.4 Å². The van der Waals surface area contributed by atoms with Crippen molar-refractivity contribution in [1.82, 2.24) is 10.2 Å². The van der Waals surface area contributed by atoms with Gasteiger partial charge < -0.3 is 20.3 Å². The van der Waals surface area contributed by atoms with Gasteiger partial charge in [0.15, 0.2) is 0 Å². The van der Waals surface area contributed by atoms with Crippen molar-refractivity contribution in [3.05, 3.63) is 29.1 Å². The number of benzene rings is 1. The molecule has 2 heterocycles. The number of nitrogens with one attached hydrogen (secondary N) is 2. The van der Waals surface area contributed by atoms with E-state index in [2.05, 4.69) is 10.6 Å². The Labute approximate surface area is 154 Å². The van der Waals surface area contributed by atoms with Crippen LogP contribution >= 0.6 is 0 Å². The molecule has 1 aliphatic carbocycles. The highest BCUT2D eigenvalue weighted by Gasteiger charge is 2.38. The molecule has 142 valence electrons. The molecule has 0 unspecified atom stereocenters. The van der Waals surface area contributed by atoms with Crippen LogP contribution in [0.1, 0.15) is 49.7 Å². The number of nitrogens with zero attached hydrogens (tertiary/aromatic N) is 1. The van der Waals surface area contributed by atoms with Crippen molar-refractivity contribution in [3.8, 4) is 0 Å². The Morgan fingerprint density at radius 2 is 2.04 bits per heavy atom. The number of rotatable bonds is 1. The van der Waals surface area contributed by atoms with Crippen LogP contribution in [0.2, 0.25) is 0 Å². The average Bonchev–Trinajstić information content (AvgIpc) is 2.89. The lowest BCUT2D eigenvalue weighted by Crippen LogP contribution is -2.54. The van der Waals surface area contributed by atoms with Gasteiger partial charge in [-0.3, -0.25) is 0 Å². The molecule has 0 bridgehead atoms. The van der Waals surface area contributed by atoms with E-state index in [0.29, 0.717) is 32.7 Å². The maximum absolute atomic E-state index is 14.8. The zero-order chi connectivity index (χ0) is 18.0. The molecule has 1 saturated heterocycles. The van der Waals surface area contributed by atoms with Crippen LogP contribution in [-0.2, 0) is 17.7 Å². The smallest absolute Gasteiger partial charge is 0.322 e. The topological polar surface area (TPSA) is 53.6 Å². The van der Waals surface area contributed by atoms with Gasteiger partial charge in [0.25, 0.3) is 0 Å². The summed E-state index contributed by atoms with van der Waals surface area (Å²) in [6.07, 6.45) is 7.48. The molecule has 0 aromatic heterocycles. The van der Waals surface area contributed by atoms with E-state index in [0.717, 1.165) is 43.4 Å². The van der Waals surface area contributed by atoms with Gasteiger partial charge in [-0.1, -0.05) is 31.7 Å². The third-order valence-electron chi connectivity index (χ3n) is 6.00. The predicted octanol–water partition coefficient (Wildman–Crippen LogP) is 3.43. The van der Waals surface area contributed by atoms with Crippen LogP contribution < -0.4 is 10.6 Å². The molecule has 1 aromatic rings. The van der Waals surface area contributed by atoms with Gasteiger partial charge in [-0.25, -0.2) is 9.18 Å². The third-order valence-corrected chi connectivity index (χ3v) is 6.00. The fourth-order valence-corrected chi connectivity index (χ4v) is 4.52. The highest BCUT2D eigenvalue weighted by Crippen LogP contribution is 2.33. The number of fused-ring (bicyclic) bond motifs is 1. The summed E-state index contributed by atoms with van der Waals surface area (Å²) in [5.74, 6) is -0.283. The molecule has 2 fully saturated rings. The standard InChI is InChI=1S/C20H28FN3O2/c21-18-16-7-10-22-13-15(16)5-6-17(18)23-19(25)24-11-12-26-20(14-24)8-3-1-2-4-9-20/h5-6,22H,1-4,7-14H2,(H,23,25). The summed E-state index contributed by atoms with van der Waals surface area (Å²) >= 11 is 0. The Bertz CT molecular complexity index is 671. The van der Waals surface area contributed by atoms with Gasteiger partial charge in [0.2, 0.25) is 0 Å². The van der Waals surface area contributed by atoms with E-state index in [-0.39, 0.29) is 23.1 Å². The Balaban J connectivity index is 1.46. The minimum atomic E-state index is -0.283. The first kappa shape index (κ1) is 17.7. The molecule has 26 heavy (non-hydrogen) atoms. The van der Waals surface area contributed by atoms with E-state index in [1.807, 2.05) is 6.07 Å². The van der Waals surface area contributed by atoms with Gasteiger partial charge in [0.1, 0.15) is 5.82 Å². The molecule has 1 aromatic carbocycles. The van der Waals surface area contributed by atoms with Gasteiger partial charge in [-0.15, -0.1) is 0 Å². The molecule has 0 radical (unpaired) electrons. The van der Waals surface area contributed by atoms with Crippen molar-refractivity contribution in [2.45, 2.75) is 57.1 Å². The zero-order valence-corrected chi connectivity index (χ0v) is 15.3. The lowest BCUT2D eigenvalue weighted by molar-refractivity contribution is -0.104. The summed E-state index contributed by atoms with van der Waals surface area (Å²) in [7, 11) is 0. The molecule has 1 spiro atoms. The van der Waals surface area contributed by atoms with Crippen molar-refractivity contribution in [2.24, 2.45) is 0 Å². The van der Waals surface area contributed by atoms with E-state index < -0.39 is 0 Å². The van der Waals surface area contributed by atoms with Gasteiger partial charge >= 0.3 is 6.03 Å². The Morgan fingerprint density at radius 3 is 2.85 bits per heavy atom. The number of carbonyl (C=O) groups is 1. The van der Waals surface area contributed by atoms with Crippen LogP contribution in [0.3, 0.4) is 0 Å². The average molecular weight is 361 g/mol. The number of urea groups is 1. The number of amides is 2. The molecule has 2 aliphatic heterocycles. The van der Waals surface area contributed by atoms with E-state index in [1.165, 1.54) is 12.8 Å². The number of ether oxygens (including phenoxy) is 1. The minimum absolute atomic E-state index is 0.202. The van der Waals surface area contributed by atoms with E-state index >= 15 is 0 Å². The lowest BCUT2D eigenvalue weighted by Gasteiger charge is -2.42. The van der Waals surface area contributed by atoms with E-state index in [9.17, 15) is 9.18 Å². The van der Waals surface area contributed by atoms with Crippen LogP contribution in [0.5, 0.6) is 0 Å². The summed E-state index contributed by atoms with van der Waals surface area (Å²) in [5, 5.41) is 6.05. The largest absolute Gasteiger partial charge is 0.371 e. The van der Waals surface area contributed by atoms with E-state index in [4.69, 9.17) is 4.74 Å². The fraction of sp³-hybridized carbons (Fsp3) is 0.650. The molecule has 2 amide bonds. The molecular weight excluding hydrogens is 333 g/mol. The maximum Gasteiger partial charge on any atom is 0.322 e. The van der Waals surface area contributed by atoms with Crippen LogP contribution in [-0.4, -0.2) is 42.8 Å². The predicted molar refractivity (Wildman–Crippen MR) is 98.8 cm³/mol. The molecular formula is C20H28FN3O2. The van der Waals surface area contributed by atoms with Crippen molar-refractivity contribution in [2.75, 3.05) is 31.6 Å². The minimum Gasteiger partial charge on any atom is -0.371 e. The number of carbonyl (C=O) groups excluding carboxylic acids is 1. The second kappa shape index (κ2) is 7.53. The SMILES string of the molecule is O=C(Nc1ccc2c(c1F)CCNC2)N1CCOC2(CCCCCC2)C1. The van der Waals surface area contributed by atoms with Gasteiger partial charge in [-0.05, 0) is 43.0 Å². The number of halogens is 1. The van der Waals surface area contributed by atoms with Crippen LogP contribution in [0.25, 0.3) is 0 Å². The molecule has 5 nitrogen and oxygen atoms in total. The molecule has 6 heteroatoms. The van der Waals surface area contributed by atoms with Crippen LogP contribution in [0, 0.1) is 5.82 Å². The Hall–Kier alpha value is -1.66. The summed E-state index contributed by atoms with van der Waals surface area (Å²) < 4.78 is 20.9. The van der Waals surface area contributed by atoms with Crippen molar-refractivity contribution < 1.29 is 13.9 Å². The van der Waals surface area contributed by atoms with Crippen molar-refractivity contribution in [3.63, 3.8) is 0 Å². The van der Waals surface area contributed by atoms with Crippen LogP contribution in [0.15, 0.2) is 12.1 Å². The normalized spacial score (nSPS) is 22.6. The number of hydrogen-bond acceptors (Lipinski definition) is 3.